The fourth-order valence-electron chi connectivity index (χ4n) is 2.63. The lowest BCUT2D eigenvalue weighted by atomic mass is 10.0. The number of carbonyl (C=O) groups is 2. The summed E-state index contributed by atoms with van der Waals surface area (Å²) in [4.78, 5) is 24.7. The first kappa shape index (κ1) is 20.6. The van der Waals surface area contributed by atoms with E-state index in [0.717, 1.165) is 16.7 Å². The first-order valence-electron chi connectivity index (χ1n) is 9.04. The highest BCUT2D eigenvalue weighted by atomic mass is 32.1. The van der Waals surface area contributed by atoms with Gasteiger partial charge >= 0.3 is 0 Å². The number of benzene rings is 2. The van der Waals surface area contributed by atoms with Gasteiger partial charge in [-0.05, 0) is 31.0 Å². The quantitative estimate of drug-likeness (QED) is 0.519. The average Bonchev–Trinajstić information content (AvgIpc) is 3.07. The third-order valence-electron chi connectivity index (χ3n) is 3.84. The highest BCUT2D eigenvalue weighted by Crippen LogP contribution is 2.36. The predicted octanol–water partition coefficient (Wildman–Crippen LogP) is 6.59. The topological polar surface area (TPSA) is 46.2 Å². The van der Waals surface area contributed by atoms with Crippen molar-refractivity contribution in [1.29, 1.82) is 0 Å². The Labute approximate surface area is 165 Å². The molecule has 0 saturated carbocycles. The van der Waals surface area contributed by atoms with Crippen LogP contribution in [0.25, 0.3) is 11.1 Å². The molecule has 0 radical (unpaired) electrons. The van der Waals surface area contributed by atoms with Crippen molar-refractivity contribution in [2.45, 2.75) is 34.1 Å². The third kappa shape index (κ3) is 5.14. The van der Waals surface area contributed by atoms with Crippen LogP contribution in [0.3, 0.4) is 0 Å². The summed E-state index contributed by atoms with van der Waals surface area (Å²) in [5.74, 6) is -0.257. The summed E-state index contributed by atoms with van der Waals surface area (Å²) in [5.41, 5.74) is 3.90. The predicted molar refractivity (Wildman–Crippen MR) is 115 cm³/mol. The Morgan fingerprint density at radius 1 is 0.963 bits per heavy atom. The van der Waals surface area contributed by atoms with Crippen molar-refractivity contribution >= 4 is 28.0 Å². The molecule has 4 heteroatoms. The molecule has 140 valence electrons. The van der Waals surface area contributed by atoms with E-state index < -0.39 is 0 Å². The summed E-state index contributed by atoms with van der Waals surface area (Å²) in [6, 6.07) is 17.1. The Morgan fingerprint density at radius 2 is 1.56 bits per heavy atom. The van der Waals surface area contributed by atoms with Crippen LogP contribution < -0.4 is 5.32 Å². The highest BCUT2D eigenvalue weighted by molar-refractivity contribution is 7.15. The largest absolute Gasteiger partial charge is 0.313 e. The van der Waals surface area contributed by atoms with E-state index in [9.17, 15) is 9.59 Å². The van der Waals surface area contributed by atoms with Gasteiger partial charge in [-0.2, -0.15) is 0 Å². The van der Waals surface area contributed by atoms with Crippen LogP contribution >= 0.6 is 11.3 Å². The smallest absolute Gasteiger partial charge is 0.256 e. The summed E-state index contributed by atoms with van der Waals surface area (Å²) in [6.45, 7) is 7.67. The van der Waals surface area contributed by atoms with E-state index in [1.807, 2.05) is 60.8 Å². The molecule has 0 spiro atoms. The molecule has 0 atom stereocenters. The van der Waals surface area contributed by atoms with E-state index in [0.29, 0.717) is 16.1 Å². The van der Waals surface area contributed by atoms with Gasteiger partial charge < -0.3 is 5.32 Å². The molecule has 1 heterocycles. The normalized spacial score (nSPS) is 9.93. The molecular formula is C23H25NO2S. The number of amides is 1. The van der Waals surface area contributed by atoms with E-state index in [-0.39, 0.29) is 11.7 Å². The second-order valence-corrected chi connectivity index (χ2v) is 7.13. The van der Waals surface area contributed by atoms with Gasteiger partial charge in [-0.1, -0.05) is 68.8 Å². The molecule has 3 aromatic rings. The van der Waals surface area contributed by atoms with Crippen LogP contribution in [0, 0.1) is 6.92 Å². The van der Waals surface area contributed by atoms with Crippen molar-refractivity contribution in [1.82, 2.24) is 0 Å². The Balaban J connectivity index is 0.000000817. The maximum absolute atomic E-state index is 12.5. The molecule has 0 fully saturated rings. The van der Waals surface area contributed by atoms with Crippen LogP contribution in [0.1, 0.15) is 53.5 Å². The molecule has 3 nitrogen and oxygen atoms in total. The van der Waals surface area contributed by atoms with E-state index in [4.69, 9.17) is 0 Å². The maximum Gasteiger partial charge on any atom is 0.256 e. The number of Topliss-reactive ketones (excluding diaryl/α,β-unsaturated/α-hetero) is 1. The van der Waals surface area contributed by atoms with Gasteiger partial charge in [-0.3, -0.25) is 9.59 Å². The number of thiophene rings is 1. The zero-order valence-corrected chi connectivity index (χ0v) is 17.0. The molecule has 0 saturated heterocycles. The van der Waals surface area contributed by atoms with Crippen LogP contribution in [0.15, 0.2) is 60.0 Å². The number of hydrogen-bond donors (Lipinski definition) is 1. The Kier molecular flexibility index (Phi) is 7.50. The molecule has 1 amide bonds. The molecule has 0 unspecified atom stereocenters. The maximum atomic E-state index is 12.5. The molecule has 27 heavy (non-hydrogen) atoms. The van der Waals surface area contributed by atoms with Gasteiger partial charge in [0, 0.05) is 16.5 Å². The van der Waals surface area contributed by atoms with Gasteiger partial charge in [-0.25, -0.2) is 0 Å². The van der Waals surface area contributed by atoms with Crippen molar-refractivity contribution < 1.29 is 9.59 Å². The number of ketones is 1. The summed E-state index contributed by atoms with van der Waals surface area (Å²) in [7, 11) is 0. The Morgan fingerprint density at radius 3 is 2.15 bits per heavy atom. The Hall–Kier alpha value is -2.72. The van der Waals surface area contributed by atoms with E-state index in [2.05, 4.69) is 19.2 Å². The van der Waals surface area contributed by atoms with Crippen LogP contribution in [0.5, 0.6) is 0 Å². The van der Waals surface area contributed by atoms with Gasteiger partial charge in [0.05, 0.1) is 5.56 Å². The molecular weight excluding hydrogens is 354 g/mol. The molecule has 1 aromatic heterocycles. The van der Waals surface area contributed by atoms with Gasteiger partial charge in [0.1, 0.15) is 5.00 Å². The Bertz CT molecular complexity index is 913. The zero-order valence-electron chi connectivity index (χ0n) is 16.2. The minimum absolute atomic E-state index is 0.0600. The van der Waals surface area contributed by atoms with E-state index >= 15 is 0 Å². The minimum atomic E-state index is -0.197. The van der Waals surface area contributed by atoms with Gasteiger partial charge in [0.25, 0.3) is 5.91 Å². The molecule has 0 aliphatic carbocycles. The first-order valence-corrected chi connectivity index (χ1v) is 9.92. The van der Waals surface area contributed by atoms with Crippen LogP contribution in [0.4, 0.5) is 5.00 Å². The molecule has 1 N–H and O–H groups in total. The summed E-state index contributed by atoms with van der Waals surface area (Å²) < 4.78 is 0. The molecule has 2 aromatic carbocycles. The van der Waals surface area contributed by atoms with Crippen LogP contribution in [0.2, 0.25) is 0 Å². The summed E-state index contributed by atoms with van der Waals surface area (Å²) in [5, 5.41) is 5.41. The fraction of sp³-hybridized carbons (Fsp3) is 0.217. The minimum Gasteiger partial charge on any atom is -0.313 e. The fourth-order valence-corrected chi connectivity index (χ4v) is 3.64. The number of nitrogens with one attached hydrogen (secondary N) is 1. The first-order chi connectivity index (χ1) is 13.0. The van der Waals surface area contributed by atoms with E-state index in [1.54, 1.807) is 6.07 Å². The zero-order chi connectivity index (χ0) is 19.8. The van der Waals surface area contributed by atoms with Gasteiger partial charge in [0.15, 0.2) is 5.78 Å². The second kappa shape index (κ2) is 9.83. The lowest BCUT2D eigenvalue weighted by molar-refractivity contribution is 0.101. The lowest BCUT2D eigenvalue weighted by Gasteiger charge is -2.08. The number of aryl methyl sites for hydroxylation is 1. The van der Waals surface area contributed by atoms with Gasteiger partial charge in [0.2, 0.25) is 0 Å². The van der Waals surface area contributed by atoms with E-state index in [1.165, 1.54) is 24.7 Å². The van der Waals surface area contributed by atoms with Crippen LogP contribution in [-0.4, -0.2) is 11.7 Å². The monoisotopic (exact) mass is 379 g/mol. The van der Waals surface area contributed by atoms with Crippen molar-refractivity contribution in [3.8, 4) is 11.1 Å². The lowest BCUT2D eigenvalue weighted by Crippen LogP contribution is -2.14. The van der Waals surface area contributed by atoms with Gasteiger partial charge in [-0.15, -0.1) is 11.3 Å². The number of carbonyl (C=O) groups excluding carboxylic acids is 2. The third-order valence-corrected chi connectivity index (χ3v) is 4.74. The second-order valence-electron chi connectivity index (χ2n) is 6.25. The van der Waals surface area contributed by atoms with Crippen molar-refractivity contribution in [2.24, 2.45) is 0 Å². The van der Waals surface area contributed by atoms with Crippen molar-refractivity contribution in [3.05, 3.63) is 76.7 Å². The molecule has 0 bridgehead atoms. The molecule has 0 aliphatic rings. The SMILES string of the molecule is CC(=O)c1c(-c2ccccc2)csc1NC(=O)c1ccccc1C.CCC. The highest BCUT2D eigenvalue weighted by Gasteiger charge is 2.19. The number of anilines is 1. The summed E-state index contributed by atoms with van der Waals surface area (Å²) in [6.07, 6.45) is 1.25. The van der Waals surface area contributed by atoms with Crippen molar-refractivity contribution in [3.63, 3.8) is 0 Å². The number of hydrogen-bond acceptors (Lipinski definition) is 3. The number of rotatable bonds is 4. The molecule has 3 rings (SSSR count). The van der Waals surface area contributed by atoms with Crippen molar-refractivity contribution in [2.75, 3.05) is 5.32 Å². The van der Waals surface area contributed by atoms with Crippen LogP contribution in [-0.2, 0) is 0 Å². The average molecular weight is 380 g/mol. The molecule has 0 aliphatic heterocycles. The standard InChI is InChI=1S/C20H17NO2S.C3H8/c1-13-8-6-7-11-16(13)19(23)21-20-18(14(2)22)17(12-24-20)15-9-4-3-5-10-15;1-3-2/h3-12H,1-2H3,(H,21,23);3H2,1-2H3. The summed E-state index contributed by atoms with van der Waals surface area (Å²) >= 11 is 1.38.